The summed E-state index contributed by atoms with van der Waals surface area (Å²) in [5.41, 5.74) is 1.34. The predicted molar refractivity (Wildman–Crippen MR) is 113 cm³/mol. The Kier molecular flexibility index (Phi) is 10.2. The maximum atomic E-state index is 13.9. The van der Waals surface area contributed by atoms with Crippen LogP contribution in [0.4, 0.5) is 10.1 Å². The lowest BCUT2D eigenvalue weighted by Crippen LogP contribution is -2.34. The summed E-state index contributed by atoms with van der Waals surface area (Å²) in [5, 5.41) is 19.0. The van der Waals surface area contributed by atoms with Gasteiger partial charge in [0.1, 0.15) is 6.23 Å². The first-order valence-electron chi connectivity index (χ1n) is 11.1. The summed E-state index contributed by atoms with van der Waals surface area (Å²) in [6, 6.07) is 7.01. The number of halogens is 1. The number of unbranched alkanes of at least 4 members (excludes halogenated alkanes) is 6. The molecule has 3 unspecified atom stereocenters. The van der Waals surface area contributed by atoms with Crippen molar-refractivity contribution >= 4 is 17.6 Å². The number of amides is 1. The van der Waals surface area contributed by atoms with Gasteiger partial charge in [-0.1, -0.05) is 57.6 Å². The molecule has 0 aromatic heterocycles. The first-order chi connectivity index (χ1) is 14.4. The van der Waals surface area contributed by atoms with E-state index in [9.17, 15) is 19.1 Å². The summed E-state index contributed by atoms with van der Waals surface area (Å²) in [6.45, 7) is 2.15. The smallest absolute Gasteiger partial charge is 0.303 e. The molecule has 168 valence electrons. The Hall–Kier alpha value is -1.99. The molecule has 1 aliphatic rings. The van der Waals surface area contributed by atoms with Crippen molar-refractivity contribution in [2.45, 2.75) is 96.2 Å². The second-order valence-corrected chi connectivity index (χ2v) is 7.92. The molecule has 0 aliphatic carbocycles. The second kappa shape index (κ2) is 12.6. The number of carboxylic acid groups (broad SMARTS) is 1. The Morgan fingerprint density at radius 1 is 1.10 bits per heavy atom. The van der Waals surface area contributed by atoms with E-state index in [0.717, 1.165) is 50.5 Å². The molecule has 0 spiro atoms. The molecule has 1 amide bonds. The summed E-state index contributed by atoms with van der Waals surface area (Å²) in [7, 11) is 0. The van der Waals surface area contributed by atoms with Crippen LogP contribution in [0.15, 0.2) is 24.3 Å². The maximum Gasteiger partial charge on any atom is 0.303 e. The molecule has 30 heavy (non-hydrogen) atoms. The van der Waals surface area contributed by atoms with E-state index in [4.69, 9.17) is 9.84 Å². The number of hydrogen-bond donors (Lipinski definition) is 2. The Labute approximate surface area is 178 Å². The number of rotatable bonds is 14. The van der Waals surface area contributed by atoms with Crippen LogP contribution >= 0.6 is 0 Å². The van der Waals surface area contributed by atoms with Crippen molar-refractivity contribution in [1.29, 1.82) is 0 Å². The van der Waals surface area contributed by atoms with Crippen molar-refractivity contribution in [2.24, 2.45) is 0 Å². The highest BCUT2D eigenvalue weighted by molar-refractivity contribution is 5.97. The minimum Gasteiger partial charge on any atom is -0.481 e. The Bertz CT molecular complexity index is 666. The number of benzene rings is 1. The quantitative estimate of drug-likeness (QED) is 0.407. The topological polar surface area (TPSA) is 87.1 Å². The molecule has 0 saturated carbocycles. The lowest BCUT2D eigenvalue weighted by Gasteiger charge is -2.23. The van der Waals surface area contributed by atoms with Gasteiger partial charge in [0, 0.05) is 12.1 Å². The number of ether oxygens (including phenoxy) is 1. The Balaban J connectivity index is 1.89. The molecule has 6 nitrogen and oxygen atoms in total. The average Bonchev–Trinajstić information content (AvgIpc) is 3.01. The SMILES string of the molecule is CCCCCCC(O)c1ccc(N2C(=O)C(F)OC2CCCCCCC(=O)O)cc1. The van der Waals surface area contributed by atoms with Gasteiger partial charge in [0.05, 0.1) is 6.10 Å². The number of carboxylic acids is 1. The van der Waals surface area contributed by atoms with Gasteiger partial charge in [-0.25, -0.2) is 4.39 Å². The van der Waals surface area contributed by atoms with E-state index in [1.807, 2.05) is 0 Å². The van der Waals surface area contributed by atoms with Crippen molar-refractivity contribution in [1.82, 2.24) is 0 Å². The van der Waals surface area contributed by atoms with Crippen LogP contribution in [0, 0.1) is 0 Å². The van der Waals surface area contributed by atoms with E-state index < -0.39 is 30.6 Å². The molecule has 1 fully saturated rings. The van der Waals surface area contributed by atoms with E-state index in [0.29, 0.717) is 24.9 Å². The lowest BCUT2D eigenvalue weighted by molar-refractivity contribution is -0.137. The normalized spacial score (nSPS) is 20.0. The van der Waals surface area contributed by atoms with Crippen molar-refractivity contribution in [3.63, 3.8) is 0 Å². The number of anilines is 1. The van der Waals surface area contributed by atoms with Crippen molar-refractivity contribution in [2.75, 3.05) is 4.90 Å². The van der Waals surface area contributed by atoms with Gasteiger partial charge in [-0.2, -0.15) is 0 Å². The fourth-order valence-electron chi connectivity index (χ4n) is 3.74. The molecular weight excluding hydrogens is 389 g/mol. The Morgan fingerprint density at radius 2 is 1.77 bits per heavy atom. The number of hydrogen-bond acceptors (Lipinski definition) is 4. The summed E-state index contributed by atoms with van der Waals surface area (Å²) in [4.78, 5) is 24.1. The summed E-state index contributed by atoms with van der Waals surface area (Å²) < 4.78 is 19.1. The third-order valence-electron chi connectivity index (χ3n) is 5.47. The van der Waals surface area contributed by atoms with Crippen LogP contribution in [0.5, 0.6) is 0 Å². The van der Waals surface area contributed by atoms with E-state index in [-0.39, 0.29) is 6.42 Å². The molecule has 0 radical (unpaired) electrons. The zero-order valence-electron chi connectivity index (χ0n) is 17.8. The molecule has 0 bridgehead atoms. The van der Waals surface area contributed by atoms with Crippen LogP contribution < -0.4 is 4.90 Å². The van der Waals surface area contributed by atoms with Gasteiger partial charge in [-0.05, 0) is 43.4 Å². The number of alkyl halides is 1. The standard InChI is InChI=1S/C23H34FNO5/c1-2-3-4-7-10-19(26)17-13-15-18(16-14-17)25-20(30-22(24)23(25)29)11-8-5-6-9-12-21(27)28/h13-16,19-20,22,26H,2-12H2,1H3,(H,27,28). The van der Waals surface area contributed by atoms with Gasteiger partial charge in [-0.15, -0.1) is 0 Å². The third kappa shape index (κ3) is 7.36. The number of aliphatic carboxylic acids is 1. The van der Waals surface area contributed by atoms with Gasteiger partial charge in [0.2, 0.25) is 0 Å². The second-order valence-electron chi connectivity index (χ2n) is 7.92. The lowest BCUT2D eigenvalue weighted by atomic mass is 10.0. The zero-order valence-corrected chi connectivity index (χ0v) is 17.8. The Morgan fingerprint density at radius 3 is 2.43 bits per heavy atom. The van der Waals surface area contributed by atoms with Crippen LogP contribution in [-0.4, -0.2) is 34.7 Å². The summed E-state index contributed by atoms with van der Waals surface area (Å²) in [6.07, 6.45) is 5.42. The monoisotopic (exact) mass is 423 g/mol. The molecule has 3 atom stereocenters. The van der Waals surface area contributed by atoms with Gasteiger partial charge in [0.25, 0.3) is 12.3 Å². The highest BCUT2D eigenvalue weighted by atomic mass is 19.1. The minimum atomic E-state index is -1.97. The number of aliphatic hydroxyl groups is 1. The first kappa shape index (κ1) is 24.3. The van der Waals surface area contributed by atoms with Crippen LogP contribution in [0.1, 0.15) is 89.2 Å². The van der Waals surface area contributed by atoms with Gasteiger partial charge in [0.15, 0.2) is 0 Å². The molecule has 7 heteroatoms. The fourth-order valence-corrected chi connectivity index (χ4v) is 3.74. The molecule has 1 saturated heterocycles. The highest BCUT2D eigenvalue weighted by Crippen LogP contribution is 2.31. The van der Waals surface area contributed by atoms with E-state index in [2.05, 4.69) is 6.92 Å². The van der Waals surface area contributed by atoms with Crippen LogP contribution in [0.3, 0.4) is 0 Å². The van der Waals surface area contributed by atoms with Crippen molar-refractivity contribution < 1.29 is 28.9 Å². The largest absolute Gasteiger partial charge is 0.481 e. The molecule has 1 aromatic carbocycles. The molecule has 1 heterocycles. The van der Waals surface area contributed by atoms with Gasteiger partial charge >= 0.3 is 5.97 Å². The molecule has 1 aromatic rings. The van der Waals surface area contributed by atoms with E-state index >= 15 is 0 Å². The predicted octanol–water partition coefficient (Wildman–Crippen LogP) is 5.10. The highest BCUT2D eigenvalue weighted by Gasteiger charge is 2.41. The molecule has 2 N–H and O–H groups in total. The summed E-state index contributed by atoms with van der Waals surface area (Å²) >= 11 is 0. The van der Waals surface area contributed by atoms with Crippen LogP contribution in [-0.2, 0) is 14.3 Å². The maximum absolute atomic E-state index is 13.9. The van der Waals surface area contributed by atoms with E-state index in [1.54, 1.807) is 24.3 Å². The third-order valence-corrected chi connectivity index (χ3v) is 5.47. The zero-order chi connectivity index (χ0) is 21.9. The van der Waals surface area contributed by atoms with Crippen molar-refractivity contribution in [3.8, 4) is 0 Å². The van der Waals surface area contributed by atoms with Gasteiger partial charge in [-0.3, -0.25) is 14.5 Å². The van der Waals surface area contributed by atoms with Crippen LogP contribution in [0.2, 0.25) is 0 Å². The average molecular weight is 424 g/mol. The molecule has 1 aliphatic heterocycles. The van der Waals surface area contributed by atoms with Crippen LogP contribution in [0.25, 0.3) is 0 Å². The van der Waals surface area contributed by atoms with E-state index in [1.165, 1.54) is 4.90 Å². The summed E-state index contributed by atoms with van der Waals surface area (Å²) in [5.74, 6) is -1.51. The molecular formula is C23H34FNO5. The number of aliphatic hydroxyl groups excluding tert-OH is 1. The minimum absolute atomic E-state index is 0.147. The number of carbonyl (C=O) groups excluding carboxylic acids is 1. The number of nitrogens with zero attached hydrogens (tertiary/aromatic N) is 1. The number of carbonyl (C=O) groups is 2. The van der Waals surface area contributed by atoms with Crippen molar-refractivity contribution in [3.05, 3.63) is 29.8 Å². The first-order valence-corrected chi connectivity index (χ1v) is 11.1. The molecule has 2 rings (SSSR count). The fraction of sp³-hybridized carbons (Fsp3) is 0.652. The van der Waals surface area contributed by atoms with Gasteiger partial charge < -0.3 is 14.9 Å².